The molecular formula is C18H16F3NO4. The summed E-state index contributed by atoms with van der Waals surface area (Å²) in [5.41, 5.74) is 0.329. The van der Waals surface area contributed by atoms with E-state index >= 15 is 0 Å². The molecule has 1 atom stereocenters. The number of hydrogen-bond acceptors (Lipinski definition) is 4. The molecule has 138 valence electrons. The third kappa shape index (κ3) is 4.14. The second kappa shape index (κ2) is 7.90. The van der Waals surface area contributed by atoms with Gasteiger partial charge in [0.05, 0.1) is 12.8 Å². The number of carbonyl (C=O) groups is 2. The zero-order valence-corrected chi connectivity index (χ0v) is 14.2. The van der Waals surface area contributed by atoms with Gasteiger partial charge in [-0.05, 0) is 38.1 Å². The Morgan fingerprint density at radius 1 is 1.08 bits per heavy atom. The first-order chi connectivity index (χ1) is 12.2. The summed E-state index contributed by atoms with van der Waals surface area (Å²) in [6.45, 7) is 3.02. The lowest BCUT2D eigenvalue weighted by Gasteiger charge is -2.15. The molecule has 0 unspecified atom stereocenters. The molecule has 0 saturated heterocycles. The van der Waals surface area contributed by atoms with Crippen molar-refractivity contribution in [3.05, 3.63) is 58.9 Å². The molecule has 0 aromatic heterocycles. The van der Waals surface area contributed by atoms with Crippen LogP contribution in [-0.4, -0.2) is 25.1 Å². The van der Waals surface area contributed by atoms with Gasteiger partial charge in [0.2, 0.25) is 0 Å². The van der Waals surface area contributed by atoms with Gasteiger partial charge in [0.1, 0.15) is 11.3 Å². The van der Waals surface area contributed by atoms with E-state index in [1.807, 2.05) is 5.32 Å². The number of methoxy groups -OCH3 is 1. The Labute approximate surface area is 147 Å². The number of amides is 1. The number of esters is 1. The molecule has 0 saturated carbocycles. The monoisotopic (exact) mass is 367 g/mol. The van der Waals surface area contributed by atoms with E-state index < -0.39 is 41.1 Å². The number of carbonyl (C=O) groups excluding carboxylic acids is 2. The summed E-state index contributed by atoms with van der Waals surface area (Å²) in [7, 11) is 1.38. The molecule has 0 aliphatic heterocycles. The van der Waals surface area contributed by atoms with Gasteiger partial charge in [0, 0.05) is 0 Å². The number of aryl methyl sites for hydroxylation is 1. The van der Waals surface area contributed by atoms with Crippen LogP contribution in [0.5, 0.6) is 5.75 Å². The Balaban J connectivity index is 2.11. The summed E-state index contributed by atoms with van der Waals surface area (Å²) in [6, 6.07) is 6.37. The number of hydrogen-bond donors (Lipinski definition) is 1. The van der Waals surface area contributed by atoms with Crippen molar-refractivity contribution in [3.8, 4) is 5.75 Å². The fourth-order valence-electron chi connectivity index (χ4n) is 2.12. The van der Waals surface area contributed by atoms with Crippen molar-refractivity contribution in [2.75, 3.05) is 12.4 Å². The molecule has 8 heteroatoms. The summed E-state index contributed by atoms with van der Waals surface area (Å²) in [6.07, 6.45) is -1.32. The van der Waals surface area contributed by atoms with Crippen LogP contribution in [0.2, 0.25) is 0 Å². The second-order valence-corrected chi connectivity index (χ2v) is 5.46. The molecule has 2 aromatic carbocycles. The zero-order chi connectivity index (χ0) is 19.4. The first-order valence-electron chi connectivity index (χ1n) is 7.54. The molecule has 1 N–H and O–H groups in total. The first kappa shape index (κ1) is 19.3. The average Bonchev–Trinajstić information content (AvgIpc) is 2.61. The van der Waals surface area contributed by atoms with Crippen LogP contribution in [0, 0.1) is 24.4 Å². The largest absolute Gasteiger partial charge is 0.496 e. The SMILES string of the molecule is COc1ccc(C)cc1C(=O)O[C@@H](C)C(=O)Nc1ccc(F)c(F)c1F. The minimum absolute atomic E-state index is 0.117. The van der Waals surface area contributed by atoms with Gasteiger partial charge in [0.15, 0.2) is 23.6 Å². The van der Waals surface area contributed by atoms with Crippen LogP contribution in [0.1, 0.15) is 22.8 Å². The highest BCUT2D eigenvalue weighted by atomic mass is 19.2. The summed E-state index contributed by atoms with van der Waals surface area (Å²) < 4.78 is 49.8. The minimum atomic E-state index is -1.71. The molecule has 0 aliphatic rings. The van der Waals surface area contributed by atoms with Crippen LogP contribution < -0.4 is 10.1 Å². The van der Waals surface area contributed by atoms with Gasteiger partial charge in [-0.2, -0.15) is 0 Å². The highest BCUT2D eigenvalue weighted by molar-refractivity contribution is 5.98. The van der Waals surface area contributed by atoms with Crippen LogP contribution in [0.3, 0.4) is 0 Å². The van der Waals surface area contributed by atoms with Crippen LogP contribution in [0.15, 0.2) is 30.3 Å². The summed E-state index contributed by atoms with van der Waals surface area (Å²) in [4.78, 5) is 24.3. The zero-order valence-electron chi connectivity index (χ0n) is 14.2. The Kier molecular flexibility index (Phi) is 5.86. The van der Waals surface area contributed by atoms with Crippen molar-refractivity contribution < 1.29 is 32.2 Å². The topological polar surface area (TPSA) is 64.6 Å². The maximum Gasteiger partial charge on any atom is 0.342 e. The van der Waals surface area contributed by atoms with Crippen LogP contribution in [0.4, 0.5) is 18.9 Å². The molecule has 0 radical (unpaired) electrons. The van der Waals surface area contributed by atoms with Crippen molar-refractivity contribution in [1.29, 1.82) is 0 Å². The predicted molar refractivity (Wildman–Crippen MR) is 87.6 cm³/mol. The van der Waals surface area contributed by atoms with Gasteiger partial charge in [-0.1, -0.05) is 11.6 Å². The molecule has 0 spiro atoms. The fourth-order valence-corrected chi connectivity index (χ4v) is 2.12. The van der Waals surface area contributed by atoms with E-state index in [1.165, 1.54) is 20.1 Å². The molecule has 0 aliphatic carbocycles. The van der Waals surface area contributed by atoms with E-state index in [0.717, 1.165) is 11.6 Å². The lowest BCUT2D eigenvalue weighted by Crippen LogP contribution is -2.30. The third-order valence-corrected chi connectivity index (χ3v) is 3.52. The molecular weight excluding hydrogens is 351 g/mol. The van der Waals surface area contributed by atoms with Crippen molar-refractivity contribution >= 4 is 17.6 Å². The van der Waals surface area contributed by atoms with Crippen LogP contribution >= 0.6 is 0 Å². The van der Waals surface area contributed by atoms with Crippen LogP contribution in [0.25, 0.3) is 0 Å². The van der Waals surface area contributed by atoms with Gasteiger partial charge < -0.3 is 14.8 Å². The van der Waals surface area contributed by atoms with Gasteiger partial charge in [-0.15, -0.1) is 0 Å². The smallest absolute Gasteiger partial charge is 0.342 e. The molecule has 26 heavy (non-hydrogen) atoms. The molecule has 0 heterocycles. The average molecular weight is 367 g/mol. The second-order valence-electron chi connectivity index (χ2n) is 5.46. The normalized spacial score (nSPS) is 11.6. The third-order valence-electron chi connectivity index (χ3n) is 3.52. The Hall–Kier alpha value is -3.03. The van der Waals surface area contributed by atoms with Crippen molar-refractivity contribution in [2.24, 2.45) is 0 Å². The number of halogens is 3. The standard InChI is InChI=1S/C18H16F3NO4/c1-9-4-7-14(25-3)11(8-9)18(24)26-10(2)17(23)22-13-6-5-12(19)15(20)16(13)21/h4-8,10H,1-3H3,(H,22,23)/t10-/m0/s1. The van der Waals surface area contributed by atoms with Crippen molar-refractivity contribution in [1.82, 2.24) is 0 Å². The van der Waals surface area contributed by atoms with Crippen molar-refractivity contribution in [3.63, 3.8) is 0 Å². The van der Waals surface area contributed by atoms with Crippen molar-refractivity contribution in [2.45, 2.75) is 20.0 Å². The number of ether oxygens (including phenoxy) is 2. The van der Waals surface area contributed by atoms with Gasteiger partial charge in [0.25, 0.3) is 5.91 Å². The van der Waals surface area contributed by atoms with E-state index in [-0.39, 0.29) is 11.3 Å². The molecule has 0 bridgehead atoms. The molecule has 0 fully saturated rings. The van der Waals surface area contributed by atoms with E-state index in [4.69, 9.17) is 9.47 Å². The lowest BCUT2D eigenvalue weighted by atomic mass is 10.1. The van der Waals surface area contributed by atoms with E-state index in [2.05, 4.69) is 0 Å². The summed E-state index contributed by atoms with van der Waals surface area (Å²) in [5, 5.41) is 2.05. The Morgan fingerprint density at radius 3 is 2.42 bits per heavy atom. The number of nitrogens with one attached hydrogen (secondary N) is 1. The lowest BCUT2D eigenvalue weighted by molar-refractivity contribution is -0.123. The maximum atomic E-state index is 13.6. The highest BCUT2D eigenvalue weighted by Crippen LogP contribution is 2.22. The molecule has 2 rings (SSSR count). The van der Waals surface area contributed by atoms with E-state index in [0.29, 0.717) is 6.07 Å². The van der Waals surface area contributed by atoms with Gasteiger partial charge >= 0.3 is 5.97 Å². The predicted octanol–water partition coefficient (Wildman–Crippen LogP) is 3.60. The number of anilines is 1. The number of rotatable bonds is 5. The Bertz CT molecular complexity index is 855. The molecule has 5 nitrogen and oxygen atoms in total. The fraction of sp³-hybridized carbons (Fsp3) is 0.222. The summed E-state index contributed by atoms with van der Waals surface area (Å²) >= 11 is 0. The number of benzene rings is 2. The highest BCUT2D eigenvalue weighted by Gasteiger charge is 2.23. The maximum absolute atomic E-state index is 13.6. The molecule has 1 amide bonds. The van der Waals surface area contributed by atoms with E-state index in [1.54, 1.807) is 19.1 Å². The quantitative estimate of drug-likeness (QED) is 0.648. The Morgan fingerprint density at radius 2 is 1.77 bits per heavy atom. The van der Waals surface area contributed by atoms with Crippen LogP contribution in [-0.2, 0) is 9.53 Å². The summed E-state index contributed by atoms with van der Waals surface area (Å²) in [5.74, 6) is -6.10. The molecule has 2 aromatic rings. The minimum Gasteiger partial charge on any atom is -0.496 e. The van der Waals surface area contributed by atoms with Gasteiger partial charge in [-0.3, -0.25) is 4.79 Å². The first-order valence-corrected chi connectivity index (χ1v) is 7.54. The van der Waals surface area contributed by atoms with Gasteiger partial charge in [-0.25, -0.2) is 18.0 Å². The van der Waals surface area contributed by atoms with E-state index in [9.17, 15) is 22.8 Å².